The van der Waals surface area contributed by atoms with Gasteiger partial charge in [-0.3, -0.25) is 4.90 Å². The smallest absolute Gasteiger partial charge is 0.125 e. The van der Waals surface area contributed by atoms with Crippen molar-refractivity contribution in [3.8, 4) is 0 Å². The fourth-order valence-corrected chi connectivity index (χ4v) is 1.93. The zero-order valence-corrected chi connectivity index (χ0v) is 10.9. The van der Waals surface area contributed by atoms with Crippen molar-refractivity contribution in [2.24, 2.45) is 0 Å². The Hall–Kier alpha value is -1.87. The van der Waals surface area contributed by atoms with Crippen LogP contribution in [0.15, 0.2) is 48.7 Å². The normalized spacial score (nSPS) is 10.6. The van der Waals surface area contributed by atoms with E-state index in [1.165, 1.54) is 11.1 Å². The van der Waals surface area contributed by atoms with Gasteiger partial charge in [-0.2, -0.15) is 0 Å². The summed E-state index contributed by atoms with van der Waals surface area (Å²) in [6.45, 7) is 1.86. The second-order valence-corrected chi connectivity index (χ2v) is 4.46. The SMILES string of the molecule is CNc1ccc(CN(C)Cc2ccccc2)cn1. The Kier molecular flexibility index (Phi) is 4.31. The first-order valence-electron chi connectivity index (χ1n) is 6.13. The first-order valence-corrected chi connectivity index (χ1v) is 6.13. The second-order valence-electron chi connectivity index (χ2n) is 4.46. The van der Waals surface area contributed by atoms with Crippen LogP contribution in [0.3, 0.4) is 0 Å². The van der Waals surface area contributed by atoms with Crippen LogP contribution in [0.25, 0.3) is 0 Å². The summed E-state index contributed by atoms with van der Waals surface area (Å²) in [7, 11) is 4.00. The molecule has 0 bridgehead atoms. The van der Waals surface area contributed by atoms with Crippen molar-refractivity contribution in [2.75, 3.05) is 19.4 Å². The summed E-state index contributed by atoms with van der Waals surface area (Å²) >= 11 is 0. The highest BCUT2D eigenvalue weighted by Gasteiger charge is 2.02. The van der Waals surface area contributed by atoms with Gasteiger partial charge in [0, 0.05) is 26.3 Å². The van der Waals surface area contributed by atoms with Crippen molar-refractivity contribution < 1.29 is 0 Å². The summed E-state index contributed by atoms with van der Waals surface area (Å²) in [5.41, 5.74) is 2.56. The van der Waals surface area contributed by atoms with E-state index in [1.54, 1.807) is 0 Å². The molecule has 1 heterocycles. The van der Waals surface area contributed by atoms with Crippen molar-refractivity contribution in [1.29, 1.82) is 0 Å². The van der Waals surface area contributed by atoms with Gasteiger partial charge in [0.2, 0.25) is 0 Å². The lowest BCUT2D eigenvalue weighted by Crippen LogP contribution is -2.17. The molecule has 3 nitrogen and oxygen atoms in total. The lowest BCUT2D eigenvalue weighted by Gasteiger charge is -2.16. The molecule has 3 heteroatoms. The minimum atomic E-state index is 0.907. The predicted octanol–water partition coefficient (Wildman–Crippen LogP) is 2.76. The molecule has 2 aromatic rings. The largest absolute Gasteiger partial charge is 0.373 e. The predicted molar refractivity (Wildman–Crippen MR) is 75.4 cm³/mol. The molecule has 0 saturated heterocycles. The molecular formula is C15H19N3. The summed E-state index contributed by atoms with van der Waals surface area (Å²) in [4.78, 5) is 6.60. The summed E-state index contributed by atoms with van der Waals surface area (Å²) in [6.07, 6.45) is 1.92. The van der Waals surface area contributed by atoms with E-state index < -0.39 is 0 Å². The molecule has 1 N–H and O–H groups in total. The van der Waals surface area contributed by atoms with Gasteiger partial charge in [0.15, 0.2) is 0 Å². The molecule has 2 rings (SSSR count). The average molecular weight is 241 g/mol. The van der Waals surface area contributed by atoms with Crippen molar-refractivity contribution in [3.63, 3.8) is 0 Å². The van der Waals surface area contributed by atoms with Crippen molar-refractivity contribution in [3.05, 3.63) is 59.8 Å². The number of hydrogen-bond acceptors (Lipinski definition) is 3. The highest BCUT2D eigenvalue weighted by Crippen LogP contribution is 2.09. The van der Waals surface area contributed by atoms with E-state index in [9.17, 15) is 0 Å². The maximum absolute atomic E-state index is 4.32. The molecule has 0 aliphatic heterocycles. The average Bonchev–Trinajstić information content (AvgIpc) is 2.40. The summed E-state index contributed by atoms with van der Waals surface area (Å²) in [5.74, 6) is 0.907. The molecule has 1 aromatic heterocycles. The standard InChI is InChI=1S/C15H19N3/c1-16-15-9-8-14(10-17-15)12-18(2)11-13-6-4-3-5-7-13/h3-10H,11-12H2,1-2H3,(H,16,17). The van der Waals surface area contributed by atoms with E-state index >= 15 is 0 Å². The van der Waals surface area contributed by atoms with Gasteiger partial charge in [0.05, 0.1) is 0 Å². The van der Waals surface area contributed by atoms with Crippen molar-refractivity contribution in [1.82, 2.24) is 9.88 Å². The summed E-state index contributed by atoms with van der Waals surface area (Å²) in [5, 5.41) is 3.02. The lowest BCUT2D eigenvalue weighted by molar-refractivity contribution is 0.319. The molecule has 0 saturated carbocycles. The minimum absolute atomic E-state index is 0.907. The van der Waals surface area contributed by atoms with Gasteiger partial charge in [0.25, 0.3) is 0 Å². The van der Waals surface area contributed by atoms with Crippen LogP contribution < -0.4 is 5.32 Å². The quantitative estimate of drug-likeness (QED) is 0.872. The van der Waals surface area contributed by atoms with Crippen LogP contribution in [0.1, 0.15) is 11.1 Å². The van der Waals surface area contributed by atoms with Crippen LogP contribution >= 0.6 is 0 Å². The monoisotopic (exact) mass is 241 g/mol. The molecule has 1 aromatic carbocycles. The number of pyridine rings is 1. The molecule has 0 aliphatic rings. The van der Waals surface area contributed by atoms with Gasteiger partial charge in [-0.15, -0.1) is 0 Å². The van der Waals surface area contributed by atoms with Gasteiger partial charge >= 0.3 is 0 Å². The van der Waals surface area contributed by atoms with E-state index in [0.717, 1.165) is 18.9 Å². The summed E-state index contributed by atoms with van der Waals surface area (Å²) in [6, 6.07) is 14.6. The molecule has 0 amide bonds. The Balaban J connectivity index is 1.92. The minimum Gasteiger partial charge on any atom is -0.373 e. The Morgan fingerprint density at radius 2 is 1.72 bits per heavy atom. The van der Waals surface area contributed by atoms with E-state index in [2.05, 4.69) is 52.6 Å². The van der Waals surface area contributed by atoms with Gasteiger partial charge < -0.3 is 5.32 Å². The molecule has 18 heavy (non-hydrogen) atoms. The molecule has 0 radical (unpaired) electrons. The Morgan fingerprint density at radius 3 is 2.33 bits per heavy atom. The number of aromatic nitrogens is 1. The van der Waals surface area contributed by atoms with E-state index in [1.807, 2.05) is 25.4 Å². The third-order valence-electron chi connectivity index (χ3n) is 2.83. The number of nitrogens with one attached hydrogen (secondary N) is 1. The zero-order valence-electron chi connectivity index (χ0n) is 10.9. The molecule has 0 unspecified atom stereocenters. The fourth-order valence-electron chi connectivity index (χ4n) is 1.93. The maximum atomic E-state index is 4.32. The number of nitrogens with zero attached hydrogens (tertiary/aromatic N) is 2. The Labute approximate surface area is 108 Å². The summed E-state index contributed by atoms with van der Waals surface area (Å²) < 4.78 is 0. The van der Waals surface area contributed by atoms with Crippen LogP contribution in [0.5, 0.6) is 0 Å². The molecule has 0 spiro atoms. The molecule has 0 atom stereocenters. The molecular weight excluding hydrogens is 222 g/mol. The topological polar surface area (TPSA) is 28.2 Å². The van der Waals surface area contributed by atoms with Crippen LogP contribution in [-0.2, 0) is 13.1 Å². The van der Waals surface area contributed by atoms with Crippen LogP contribution in [0, 0.1) is 0 Å². The van der Waals surface area contributed by atoms with Gasteiger partial charge in [-0.05, 0) is 24.2 Å². The van der Waals surface area contributed by atoms with E-state index in [4.69, 9.17) is 0 Å². The zero-order chi connectivity index (χ0) is 12.8. The van der Waals surface area contributed by atoms with Gasteiger partial charge in [-0.25, -0.2) is 4.98 Å². The van der Waals surface area contributed by atoms with E-state index in [0.29, 0.717) is 0 Å². The third kappa shape index (κ3) is 3.57. The number of anilines is 1. The number of rotatable bonds is 5. The third-order valence-corrected chi connectivity index (χ3v) is 2.83. The molecule has 94 valence electrons. The maximum Gasteiger partial charge on any atom is 0.125 e. The van der Waals surface area contributed by atoms with Crippen molar-refractivity contribution >= 4 is 5.82 Å². The van der Waals surface area contributed by atoms with Crippen molar-refractivity contribution in [2.45, 2.75) is 13.1 Å². The van der Waals surface area contributed by atoms with Crippen LogP contribution in [0.4, 0.5) is 5.82 Å². The van der Waals surface area contributed by atoms with Gasteiger partial charge in [0.1, 0.15) is 5.82 Å². The fraction of sp³-hybridized carbons (Fsp3) is 0.267. The molecule has 0 aliphatic carbocycles. The number of hydrogen-bond donors (Lipinski definition) is 1. The van der Waals surface area contributed by atoms with Crippen LogP contribution in [-0.4, -0.2) is 24.0 Å². The Morgan fingerprint density at radius 1 is 1.00 bits per heavy atom. The van der Waals surface area contributed by atoms with Gasteiger partial charge in [-0.1, -0.05) is 36.4 Å². The Bertz CT molecular complexity index is 465. The molecule has 0 fully saturated rings. The second kappa shape index (κ2) is 6.17. The lowest BCUT2D eigenvalue weighted by atomic mass is 10.2. The van der Waals surface area contributed by atoms with Crippen LogP contribution in [0.2, 0.25) is 0 Å². The first kappa shape index (κ1) is 12.6. The highest BCUT2D eigenvalue weighted by molar-refractivity contribution is 5.34. The highest BCUT2D eigenvalue weighted by atomic mass is 15.1. The number of benzene rings is 1. The first-order chi connectivity index (χ1) is 8.78. The van der Waals surface area contributed by atoms with E-state index in [-0.39, 0.29) is 0 Å².